The quantitative estimate of drug-likeness (QED) is 0.281. The molecule has 0 spiro atoms. The molecule has 0 saturated heterocycles. The zero-order valence-corrected chi connectivity index (χ0v) is 4.82. The number of aliphatic hydroxyl groups excluding tert-OH is 1. The van der Waals surface area contributed by atoms with Gasteiger partial charge in [0.25, 0.3) is 0 Å². The lowest BCUT2D eigenvalue weighted by atomic mass is 10.3. The average molecular weight is 149 g/mol. The number of hydrogen-bond acceptors (Lipinski definition) is 1. The van der Waals surface area contributed by atoms with Crippen LogP contribution in [0.2, 0.25) is 0 Å². The highest BCUT2D eigenvalue weighted by atomic mass is 19.5. The monoisotopic (exact) mass is 149 g/mol. The van der Waals surface area contributed by atoms with Crippen molar-refractivity contribution in [3.8, 4) is 0 Å². The van der Waals surface area contributed by atoms with Crippen LogP contribution >= 0.6 is 0 Å². The van der Waals surface area contributed by atoms with E-state index >= 15 is 0 Å². The summed E-state index contributed by atoms with van der Waals surface area (Å²) in [6.45, 7) is 1.61. The van der Waals surface area contributed by atoms with Gasteiger partial charge in [0.15, 0.2) is 6.23 Å². The Morgan fingerprint density at radius 1 is 1.33 bits per heavy atom. The van der Waals surface area contributed by atoms with Crippen molar-refractivity contribution in [2.45, 2.75) is 13.2 Å². The van der Waals surface area contributed by atoms with Crippen LogP contribution < -0.4 is 5.73 Å². The molecule has 0 aromatic carbocycles. The highest BCUT2D eigenvalue weighted by Crippen LogP contribution is 2.06. The molecule has 1 unspecified atom stereocenters. The summed E-state index contributed by atoms with van der Waals surface area (Å²) in [5, 5.41) is 7.94. The van der Waals surface area contributed by atoms with E-state index in [0.717, 1.165) is 0 Å². The second kappa shape index (κ2) is 4.57. The van der Waals surface area contributed by atoms with E-state index in [9.17, 15) is 17.3 Å². The van der Waals surface area contributed by atoms with Crippen LogP contribution in [-0.4, -0.2) is 18.6 Å². The topological polar surface area (TPSA) is 47.9 Å². The van der Waals surface area contributed by atoms with Gasteiger partial charge in [0.1, 0.15) is 0 Å². The molecule has 4 N–H and O–H groups in total. The zero-order chi connectivity index (χ0) is 8.08. The minimum absolute atomic E-state index is 0.417. The Morgan fingerprint density at radius 2 is 1.33 bits per heavy atom. The van der Waals surface area contributed by atoms with Gasteiger partial charge in [-0.25, -0.2) is 0 Å². The third-order valence-corrected chi connectivity index (χ3v) is 0. The average Bonchev–Trinajstić information content (AvgIpc) is 1.19. The maximum Gasteiger partial charge on any atom is 0.673 e. The van der Waals surface area contributed by atoms with Crippen LogP contribution in [0.15, 0.2) is 0 Å². The van der Waals surface area contributed by atoms with Crippen molar-refractivity contribution in [3.63, 3.8) is 0 Å². The van der Waals surface area contributed by atoms with E-state index in [2.05, 4.69) is 5.73 Å². The molecule has 0 aliphatic carbocycles. The molecule has 0 heterocycles. The van der Waals surface area contributed by atoms with Crippen LogP contribution in [0.25, 0.3) is 0 Å². The minimum atomic E-state index is -6.00. The Kier molecular flexibility index (Phi) is 5.84. The van der Waals surface area contributed by atoms with E-state index in [4.69, 9.17) is 5.11 Å². The molecule has 7 heteroatoms. The van der Waals surface area contributed by atoms with Crippen LogP contribution in [0.5, 0.6) is 0 Å². The van der Waals surface area contributed by atoms with Crippen molar-refractivity contribution in [3.05, 3.63) is 0 Å². The fourth-order valence-electron chi connectivity index (χ4n) is 0. The van der Waals surface area contributed by atoms with Crippen molar-refractivity contribution in [1.29, 1.82) is 0 Å². The van der Waals surface area contributed by atoms with Crippen molar-refractivity contribution >= 4 is 7.25 Å². The van der Waals surface area contributed by atoms with Gasteiger partial charge in [0.05, 0.1) is 0 Å². The fraction of sp³-hybridized carbons (Fsp3) is 1.00. The van der Waals surface area contributed by atoms with E-state index < -0.39 is 13.5 Å². The number of hydrogen-bond donors (Lipinski definition) is 2. The lowest BCUT2D eigenvalue weighted by Gasteiger charge is -1.94. The second-order valence-corrected chi connectivity index (χ2v) is 1.34. The summed E-state index contributed by atoms with van der Waals surface area (Å²) in [6.07, 6.45) is -0.417. The van der Waals surface area contributed by atoms with Gasteiger partial charge in [-0.3, -0.25) is 0 Å². The lowest BCUT2D eigenvalue weighted by Crippen LogP contribution is -2.58. The van der Waals surface area contributed by atoms with Crippen LogP contribution in [0.4, 0.5) is 17.3 Å². The molecule has 1 atom stereocenters. The van der Waals surface area contributed by atoms with Crippen molar-refractivity contribution in [1.82, 2.24) is 0 Å². The van der Waals surface area contributed by atoms with Crippen LogP contribution in [0.3, 0.4) is 0 Å². The normalized spacial score (nSPS) is 13.7. The molecule has 0 radical (unpaired) electrons. The highest BCUT2D eigenvalue weighted by molar-refractivity contribution is 6.50. The Labute approximate surface area is 49.8 Å². The number of quaternary nitrogens is 1. The Morgan fingerprint density at radius 3 is 1.33 bits per heavy atom. The summed E-state index contributed by atoms with van der Waals surface area (Å²) in [6, 6.07) is 0. The molecule has 0 aromatic rings. The molecule has 9 heavy (non-hydrogen) atoms. The zero-order valence-electron chi connectivity index (χ0n) is 4.82. The Balaban J connectivity index is 0. The first-order chi connectivity index (χ1) is 3.73. The molecule has 0 fully saturated rings. The number of halogens is 4. The van der Waals surface area contributed by atoms with Gasteiger partial charge in [-0.1, -0.05) is 0 Å². The van der Waals surface area contributed by atoms with E-state index in [-0.39, 0.29) is 0 Å². The van der Waals surface area contributed by atoms with Gasteiger partial charge in [0.2, 0.25) is 0 Å². The standard InChI is InChI=1S/C2H7NO.BF4/c1-2(3)4;2-1(3,4)5/h2,4H,3H2,1H3;/q;-1/p+1. The summed E-state index contributed by atoms with van der Waals surface area (Å²) in [7, 11) is -6.00. The molecule has 58 valence electrons. The van der Waals surface area contributed by atoms with Crippen molar-refractivity contribution in [2.24, 2.45) is 0 Å². The van der Waals surface area contributed by atoms with Crippen LogP contribution in [-0.2, 0) is 0 Å². The third kappa shape index (κ3) is 2880. The molecule has 0 amide bonds. The van der Waals surface area contributed by atoms with Crippen LogP contribution in [0.1, 0.15) is 6.92 Å². The SMILES string of the molecule is CC([NH3+])O.F[B-](F)(F)F. The summed E-state index contributed by atoms with van der Waals surface area (Å²) in [5.41, 5.74) is 3.19. The molecular weight excluding hydrogens is 141 g/mol. The maximum atomic E-state index is 9.75. The minimum Gasteiger partial charge on any atom is -0.418 e. The number of aliphatic hydroxyl groups is 1. The third-order valence-electron chi connectivity index (χ3n) is 0. The molecule has 0 aliphatic heterocycles. The second-order valence-electron chi connectivity index (χ2n) is 1.34. The first-order valence-electron chi connectivity index (χ1n) is 2.12. The highest BCUT2D eigenvalue weighted by Gasteiger charge is 2.20. The molecule has 2 nitrogen and oxygen atoms in total. The first kappa shape index (κ1) is 11.5. The van der Waals surface area contributed by atoms with Crippen LogP contribution in [0, 0.1) is 0 Å². The summed E-state index contributed by atoms with van der Waals surface area (Å²) in [4.78, 5) is 0. The Bertz CT molecular complexity index is 55.3. The smallest absolute Gasteiger partial charge is 0.418 e. The maximum absolute atomic E-state index is 9.75. The van der Waals surface area contributed by atoms with Gasteiger partial charge in [-0.15, -0.1) is 0 Å². The van der Waals surface area contributed by atoms with E-state index in [0.29, 0.717) is 0 Å². The molecule has 0 aromatic heterocycles. The van der Waals surface area contributed by atoms with E-state index in [1.165, 1.54) is 0 Å². The predicted octanol–water partition coefficient (Wildman–Crippen LogP) is -0.133. The molecule has 0 bridgehead atoms. The first-order valence-corrected chi connectivity index (χ1v) is 2.12. The van der Waals surface area contributed by atoms with Gasteiger partial charge in [-0.2, -0.15) is 0 Å². The number of rotatable bonds is 0. The van der Waals surface area contributed by atoms with Gasteiger partial charge in [0, 0.05) is 6.92 Å². The predicted molar refractivity (Wildman–Crippen MR) is 24.8 cm³/mol. The van der Waals surface area contributed by atoms with Crippen molar-refractivity contribution in [2.75, 3.05) is 0 Å². The van der Waals surface area contributed by atoms with Gasteiger partial charge >= 0.3 is 7.25 Å². The largest absolute Gasteiger partial charge is 0.673 e. The van der Waals surface area contributed by atoms with Gasteiger partial charge < -0.3 is 28.1 Å². The molecule has 0 saturated carbocycles. The van der Waals surface area contributed by atoms with Gasteiger partial charge in [-0.05, 0) is 0 Å². The lowest BCUT2D eigenvalue weighted by molar-refractivity contribution is -0.475. The summed E-state index contributed by atoms with van der Waals surface area (Å²) < 4.78 is 39.0. The van der Waals surface area contributed by atoms with Crippen molar-refractivity contribution < 1.29 is 28.1 Å². The summed E-state index contributed by atoms with van der Waals surface area (Å²) in [5.74, 6) is 0. The summed E-state index contributed by atoms with van der Waals surface area (Å²) >= 11 is 0. The van der Waals surface area contributed by atoms with E-state index in [1.807, 2.05) is 0 Å². The molecular formula is C2H8BF4NO. The Hall–Kier alpha value is -0.295. The fourth-order valence-corrected chi connectivity index (χ4v) is 0. The molecule has 0 aliphatic rings. The molecule has 0 rings (SSSR count). The van der Waals surface area contributed by atoms with E-state index in [1.54, 1.807) is 6.92 Å².